The van der Waals surface area contributed by atoms with E-state index in [1.165, 1.54) is 6.92 Å². The van der Waals surface area contributed by atoms with Crippen molar-refractivity contribution in [3.63, 3.8) is 0 Å². The number of hydrogen-bond donors (Lipinski definition) is 2. The van der Waals surface area contributed by atoms with Crippen molar-refractivity contribution in [1.29, 1.82) is 5.41 Å². The van der Waals surface area contributed by atoms with Crippen molar-refractivity contribution < 1.29 is 9.53 Å². The van der Waals surface area contributed by atoms with Crippen LogP contribution in [0.5, 0.6) is 5.88 Å². The van der Waals surface area contributed by atoms with Crippen LogP contribution < -0.4 is 10.1 Å². The molecule has 2 rings (SSSR count). The summed E-state index contributed by atoms with van der Waals surface area (Å²) in [5.74, 6) is 0.315. The van der Waals surface area contributed by atoms with Crippen molar-refractivity contribution in [3.8, 4) is 5.88 Å². The predicted molar refractivity (Wildman–Crippen MR) is 64.7 cm³/mol. The quantitative estimate of drug-likeness (QED) is 0.781. The van der Waals surface area contributed by atoms with Crippen molar-refractivity contribution in [3.05, 3.63) is 17.8 Å². The van der Waals surface area contributed by atoms with Gasteiger partial charge in [0, 0.05) is 19.2 Å². The highest BCUT2D eigenvalue weighted by Crippen LogP contribution is 2.39. The number of anilines is 1. The fraction of sp³-hybridized carbons (Fsp3) is 0.417. The second-order valence-corrected chi connectivity index (χ2v) is 4.46. The van der Waals surface area contributed by atoms with Gasteiger partial charge in [0.15, 0.2) is 0 Å². The molecule has 1 aliphatic carbocycles. The van der Waals surface area contributed by atoms with Gasteiger partial charge < -0.3 is 15.5 Å². The first-order valence-electron chi connectivity index (χ1n) is 5.50. The van der Waals surface area contributed by atoms with E-state index < -0.39 is 0 Å². The topological polar surface area (TPSA) is 75.1 Å². The number of aromatic nitrogens is 1. The van der Waals surface area contributed by atoms with Crippen molar-refractivity contribution in [2.75, 3.05) is 5.32 Å². The molecule has 1 fully saturated rings. The second kappa shape index (κ2) is 4.16. The Kier molecular flexibility index (Phi) is 2.83. The zero-order valence-corrected chi connectivity index (χ0v) is 9.91. The third-order valence-electron chi connectivity index (χ3n) is 2.65. The second-order valence-electron chi connectivity index (χ2n) is 4.46. The minimum absolute atomic E-state index is 0.0954. The molecule has 0 unspecified atom stereocenters. The highest BCUT2D eigenvalue weighted by atomic mass is 16.5. The lowest BCUT2D eigenvalue weighted by atomic mass is 10.3. The number of nitrogens with zero attached hydrogens (tertiary/aromatic N) is 1. The van der Waals surface area contributed by atoms with Crippen LogP contribution in [-0.4, -0.2) is 22.7 Å². The maximum atomic E-state index is 11.0. The summed E-state index contributed by atoms with van der Waals surface area (Å²) in [6, 6.07) is 3.41. The van der Waals surface area contributed by atoms with Crippen LogP contribution in [0.1, 0.15) is 32.4 Å². The van der Waals surface area contributed by atoms with Gasteiger partial charge >= 0.3 is 0 Å². The number of ether oxygens (including phenoxy) is 1. The lowest BCUT2D eigenvalue weighted by Crippen LogP contribution is -2.14. The third kappa shape index (κ3) is 2.81. The minimum atomic E-state index is -0.183. The van der Waals surface area contributed by atoms with Crippen LogP contribution in [0.3, 0.4) is 0 Å². The van der Waals surface area contributed by atoms with Gasteiger partial charge in [-0.2, -0.15) is 0 Å². The summed E-state index contributed by atoms with van der Waals surface area (Å²) >= 11 is 0. The maximum Gasteiger partial charge on any atom is 0.221 e. The molecule has 0 radical (unpaired) electrons. The molecule has 0 aromatic carbocycles. The van der Waals surface area contributed by atoms with E-state index in [1.54, 1.807) is 12.1 Å². The minimum Gasteiger partial charge on any atom is -0.471 e. The zero-order valence-electron chi connectivity index (χ0n) is 9.91. The molecule has 1 saturated carbocycles. The fourth-order valence-electron chi connectivity index (χ4n) is 1.45. The SMILES string of the molecule is CC(=O)Nc1ccc(OC2(C)CC2)nc1C=N. The van der Waals surface area contributed by atoms with Crippen molar-refractivity contribution >= 4 is 17.8 Å². The van der Waals surface area contributed by atoms with E-state index in [0.717, 1.165) is 19.1 Å². The molecule has 0 spiro atoms. The molecule has 1 aliphatic rings. The van der Waals surface area contributed by atoms with Crippen LogP contribution in [0.2, 0.25) is 0 Å². The molecule has 0 saturated heterocycles. The number of nitrogens with one attached hydrogen (secondary N) is 2. The lowest BCUT2D eigenvalue weighted by molar-refractivity contribution is -0.114. The maximum absolute atomic E-state index is 11.0. The Labute approximate surface area is 99.7 Å². The van der Waals surface area contributed by atoms with Crippen LogP contribution in [0.4, 0.5) is 5.69 Å². The van der Waals surface area contributed by atoms with Crippen molar-refractivity contribution in [2.24, 2.45) is 0 Å². The van der Waals surface area contributed by atoms with Crippen LogP contribution in [0.15, 0.2) is 12.1 Å². The normalized spacial score (nSPS) is 16.1. The standard InChI is InChI=1S/C12H15N3O2/c1-8(16)14-9-3-4-11(15-10(9)7-13)17-12(2)5-6-12/h3-4,7,13H,5-6H2,1-2H3,(H,14,16). The van der Waals surface area contributed by atoms with Gasteiger partial charge in [-0.15, -0.1) is 0 Å². The van der Waals surface area contributed by atoms with E-state index in [4.69, 9.17) is 10.1 Å². The molecule has 1 aromatic rings. The largest absolute Gasteiger partial charge is 0.471 e. The monoisotopic (exact) mass is 233 g/mol. The van der Waals surface area contributed by atoms with Crippen LogP contribution >= 0.6 is 0 Å². The molecule has 17 heavy (non-hydrogen) atoms. The van der Waals surface area contributed by atoms with E-state index in [1.807, 2.05) is 6.92 Å². The molecular formula is C12H15N3O2. The number of carbonyl (C=O) groups excluding carboxylic acids is 1. The van der Waals surface area contributed by atoms with Crippen molar-refractivity contribution in [1.82, 2.24) is 4.98 Å². The molecule has 0 aliphatic heterocycles. The van der Waals surface area contributed by atoms with Gasteiger partial charge in [-0.25, -0.2) is 4.98 Å². The molecule has 5 heteroatoms. The van der Waals surface area contributed by atoms with Gasteiger partial charge in [-0.05, 0) is 25.8 Å². The molecule has 1 amide bonds. The van der Waals surface area contributed by atoms with Gasteiger partial charge in [0.2, 0.25) is 11.8 Å². The average molecular weight is 233 g/mol. The van der Waals surface area contributed by atoms with Crippen molar-refractivity contribution in [2.45, 2.75) is 32.3 Å². The van der Waals surface area contributed by atoms with E-state index >= 15 is 0 Å². The van der Waals surface area contributed by atoms with Gasteiger partial charge in [-0.1, -0.05) is 0 Å². The van der Waals surface area contributed by atoms with E-state index in [2.05, 4.69) is 10.3 Å². The highest BCUT2D eigenvalue weighted by molar-refractivity contribution is 5.94. The number of rotatable bonds is 4. The van der Waals surface area contributed by atoms with Gasteiger partial charge in [-0.3, -0.25) is 4.79 Å². The Morgan fingerprint density at radius 3 is 2.82 bits per heavy atom. The Morgan fingerprint density at radius 2 is 2.29 bits per heavy atom. The highest BCUT2D eigenvalue weighted by Gasteiger charge is 2.40. The molecule has 2 N–H and O–H groups in total. The molecule has 0 bridgehead atoms. The molecule has 1 heterocycles. The molecule has 5 nitrogen and oxygen atoms in total. The van der Waals surface area contributed by atoms with Gasteiger partial charge in [0.1, 0.15) is 11.3 Å². The zero-order chi connectivity index (χ0) is 12.5. The van der Waals surface area contributed by atoms with Gasteiger partial charge in [0.25, 0.3) is 0 Å². The molecule has 90 valence electrons. The van der Waals surface area contributed by atoms with Gasteiger partial charge in [0.05, 0.1) is 5.69 Å². The van der Waals surface area contributed by atoms with E-state index in [0.29, 0.717) is 17.3 Å². The van der Waals surface area contributed by atoms with E-state index in [9.17, 15) is 4.79 Å². The first kappa shape index (κ1) is 11.6. The third-order valence-corrected chi connectivity index (χ3v) is 2.65. The predicted octanol–water partition coefficient (Wildman–Crippen LogP) is 1.97. The summed E-state index contributed by atoms with van der Waals surface area (Å²) in [7, 11) is 0. The summed E-state index contributed by atoms with van der Waals surface area (Å²) in [4.78, 5) is 15.1. The average Bonchev–Trinajstić information content (AvgIpc) is 2.98. The Hall–Kier alpha value is -1.91. The Morgan fingerprint density at radius 1 is 1.59 bits per heavy atom. The summed E-state index contributed by atoms with van der Waals surface area (Å²) in [5.41, 5.74) is 0.838. The molecule has 1 aromatic heterocycles. The summed E-state index contributed by atoms with van der Waals surface area (Å²) in [6.07, 6.45) is 3.16. The number of hydrogen-bond acceptors (Lipinski definition) is 4. The summed E-state index contributed by atoms with van der Waals surface area (Å²) in [6.45, 7) is 3.45. The van der Waals surface area contributed by atoms with E-state index in [-0.39, 0.29) is 11.5 Å². The first-order valence-corrected chi connectivity index (χ1v) is 5.50. The van der Waals surface area contributed by atoms with Crippen LogP contribution in [0, 0.1) is 5.41 Å². The summed E-state index contributed by atoms with van der Waals surface area (Å²) < 4.78 is 5.69. The smallest absolute Gasteiger partial charge is 0.221 e. The number of pyridine rings is 1. The summed E-state index contributed by atoms with van der Waals surface area (Å²) in [5, 5.41) is 9.90. The number of amides is 1. The van der Waals surface area contributed by atoms with Crippen LogP contribution in [-0.2, 0) is 4.79 Å². The first-order chi connectivity index (χ1) is 8.02. The number of carbonyl (C=O) groups is 1. The molecule has 0 atom stereocenters. The lowest BCUT2D eigenvalue weighted by Gasteiger charge is -2.13. The Balaban J connectivity index is 2.20. The fourth-order valence-corrected chi connectivity index (χ4v) is 1.45. The Bertz CT molecular complexity index is 467. The molecular weight excluding hydrogens is 218 g/mol. The van der Waals surface area contributed by atoms with Crippen LogP contribution in [0.25, 0.3) is 0 Å².